The molecule has 6 heteroatoms. The first kappa shape index (κ1) is 15.3. The third-order valence-electron chi connectivity index (χ3n) is 4.40. The number of anilines is 1. The molecule has 1 aromatic carbocycles. The molecule has 2 unspecified atom stereocenters. The number of nitrogens with one attached hydrogen (secondary N) is 2. The van der Waals surface area contributed by atoms with Gasteiger partial charge in [0.25, 0.3) is 5.91 Å². The molecular formula is C17H20N4O2. The zero-order valence-corrected chi connectivity index (χ0v) is 13.2. The van der Waals surface area contributed by atoms with E-state index in [9.17, 15) is 9.59 Å². The van der Waals surface area contributed by atoms with Gasteiger partial charge in [-0.3, -0.25) is 14.7 Å². The van der Waals surface area contributed by atoms with Gasteiger partial charge in [-0.2, -0.15) is 5.10 Å². The number of fused-ring (bicyclic) bond motifs is 1. The minimum atomic E-state index is -0.511. The molecule has 3 rings (SSSR count). The number of carbonyl (C=O) groups is 2. The van der Waals surface area contributed by atoms with Crippen LogP contribution >= 0.6 is 0 Å². The summed E-state index contributed by atoms with van der Waals surface area (Å²) < 4.78 is 0. The Morgan fingerprint density at radius 1 is 1.39 bits per heavy atom. The number of aromatic nitrogens is 2. The lowest BCUT2D eigenvalue weighted by Gasteiger charge is -2.32. The topological polar surface area (TPSA) is 78.1 Å². The molecule has 0 aliphatic carbocycles. The molecule has 1 aromatic heterocycles. The van der Waals surface area contributed by atoms with Crippen molar-refractivity contribution in [1.82, 2.24) is 15.1 Å². The third kappa shape index (κ3) is 2.84. The Bertz CT molecular complexity index is 711. The summed E-state index contributed by atoms with van der Waals surface area (Å²) in [5.41, 5.74) is 2.09. The maximum atomic E-state index is 12.9. The second-order valence-corrected chi connectivity index (χ2v) is 5.88. The van der Waals surface area contributed by atoms with Crippen LogP contribution < -0.4 is 5.32 Å². The van der Waals surface area contributed by atoms with Crippen molar-refractivity contribution in [2.45, 2.75) is 32.9 Å². The number of H-pyrrole nitrogens is 1. The summed E-state index contributed by atoms with van der Waals surface area (Å²) in [7, 11) is 0. The van der Waals surface area contributed by atoms with Crippen molar-refractivity contribution in [3.05, 3.63) is 47.8 Å². The van der Waals surface area contributed by atoms with Gasteiger partial charge in [-0.1, -0.05) is 38.5 Å². The van der Waals surface area contributed by atoms with Gasteiger partial charge in [-0.15, -0.1) is 0 Å². The number of rotatable bonds is 3. The summed E-state index contributed by atoms with van der Waals surface area (Å²) in [5.74, 6) is -0.298. The fourth-order valence-corrected chi connectivity index (χ4v) is 2.93. The van der Waals surface area contributed by atoms with Gasteiger partial charge in [0.05, 0.1) is 0 Å². The average molecular weight is 312 g/mol. The van der Waals surface area contributed by atoms with Crippen LogP contribution in [-0.4, -0.2) is 33.0 Å². The summed E-state index contributed by atoms with van der Waals surface area (Å²) >= 11 is 0. The zero-order chi connectivity index (χ0) is 16.4. The number of hydrogen-bond acceptors (Lipinski definition) is 3. The number of amides is 2. The number of carbonyl (C=O) groups excluding carboxylic acids is 2. The Labute approximate surface area is 134 Å². The molecule has 120 valence electrons. The fraction of sp³-hybridized carbons (Fsp3) is 0.353. The van der Waals surface area contributed by atoms with E-state index in [-0.39, 0.29) is 17.7 Å². The number of benzene rings is 1. The van der Waals surface area contributed by atoms with Crippen molar-refractivity contribution in [1.29, 1.82) is 0 Å². The first-order chi connectivity index (χ1) is 11.1. The third-order valence-corrected chi connectivity index (χ3v) is 4.40. The normalized spacial score (nSPS) is 18.8. The quantitative estimate of drug-likeness (QED) is 0.913. The molecule has 1 aliphatic heterocycles. The Kier molecular flexibility index (Phi) is 4.14. The predicted octanol–water partition coefficient (Wildman–Crippen LogP) is 2.42. The van der Waals surface area contributed by atoms with Crippen molar-refractivity contribution >= 4 is 17.5 Å². The van der Waals surface area contributed by atoms with E-state index in [0.717, 1.165) is 17.7 Å². The van der Waals surface area contributed by atoms with Gasteiger partial charge in [0.2, 0.25) is 5.91 Å². The highest BCUT2D eigenvalue weighted by molar-refractivity contribution is 6.02. The van der Waals surface area contributed by atoms with Crippen molar-refractivity contribution in [3.63, 3.8) is 0 Å². The van der Waals surface area contributed by atoms with Crippen LogP contribution in [0.15, 0.2) is 36.5 Å². The zero-order valence-electron chi connectivity index (χ0n) is 13.2. The van der Waals surface area contributed by atoms with Crippen molar-refractivity contribution < 1.29 is 9.59 Å². The second-order valence-electron chi connectivity index (χ2n) is 5.88. The molecule has 0 radical (unpaired) electrons. The highest BCUT2D eigenvalue weighted by Gasteiger charge is 2.37. The van der Waals surface area contributed by atoms with Crippen LogP contribution in [0.4, 0.5) is 5.69 Å². The summed E-state index contributed by atoms with van der Waals surface area (Å²) in [6.07, 6.45) is 2.35. The highest BCUT2D eigenvalue weighted by Crippen LogP contribution is 2.28. The number of para-hydroxylation sites is 1. The largest absolute Gasteiger partial charge is 0.324 e. The Morgan fingerprint density at radius 3 is 2.87 bits per heavy atom. The monoisotopic (exact) mass is 312 g/mol. The molecule has 2 atom stereocenters. The van der Waals surface area contributed by atoms with E-state index in [0.29, 0.717) is 12.2 Å². The van der Waals surface area contributed by atoms with Gasteiger partial charge in [0, 0.05) is 18.4 Å². The van der Waals surface area contributed by atoms with Crippen LogP contribution in [0, 0.1) is 5.92 Å². The smallest absolute Gasteiger partial charge is 0.272 e. The maximum Gasteiger partial charge on any atom is 0.272 e. The molecule has 0 bridgehead atoms. The summed E-state index contributed by atoms with van der Waals surface area (Å²) in [5, 5.41) is 9.50. The van der Waals surface area contributed by atoms with Crippen molar-refractivity contribution in [2.75, 3.05) is 5.32 Å². The average Bonchev–Trinajstić information content (AvgIpc) is 3.04. The molecule has 2 heterocycles. The van der Waals surface area contributed by atoms with Gasteiger partial charge in [-0.25, -0.2) is 0 Å². The standard InChI is InChI=1S/C17H20N4O2/c1-3-11(2)15-16(22)19-13-7-5-4-6-12(13)10-21(15)17(23)14-8-9-18-20-14/h4-9,11,15H,3,10H2,1-2H3,(H,18,20)(H,19,22). The Morgan fingerprint density at radius 2 is 2.17 bits per heavy atom. The maximum absolute atomic E-state index is 12.9. The van der Waals surface area contributed by atoms with E-state index in [1.165, 1.54) is 6.20 Å². The first-order valence-corrected chi connectivity index (χ1v) is 7.81. The van der Waals surface area contributed by atoms with Gasteiger partial charge < -0.3 is 10.2 Å². The lowest BCUT2D eigenvalue weighted by Crippen LogP contribution is -2.49. The van der Waals surface area contributed by atoms with E-state index in [1.807, 2.05) is 38.1 Å². The fourth-order valence-electron chi connectivity index (χ4n) is 2.93. The number of hydrogen-bond donors (Lipinski definition) is 2. The molecular weight excluding hydrogens is 292 g/mol. The van der Waals surface area contributed by atoms with Crippen LogP contribution in [0.1, 0.15) is 36.3 Å². The van der Waals surface area contributed by atoms with E-state index in [4.69, 9.17) is 0 Å². The summed E-state index contributed by atoms with van der Waals surface area (Å²) in [4.78, 5) is 27.2. The summed E-state index contributed by atoms with van der Waals surface area (Å²) in [6, 6.07) is 8.71. The van der Waals surface area contributed by atoms with E-state index < -0.39 is 6.04 Å². The minimum Gasteiger partial charge on any atom is -0.324 e. The molecule has 1 aliphatic rings. The molecule has 2 N–H and O–H groups in total. The highest BCUT2D eigenvalue weighted by atomic mass is 16.2. The molecule has 0 spiro atoms. The molecule has 0 saturated heterocycles. The van der Waals surface area contributed by atoms with Gasteiger partial charge in [-0.05, 0) is 23.6 Å². The first-order valence-electron chi connectivity index (χ1n) is 7.81. The minimum absolute atomic E-state index is 0.0520. The van der Waals surface area contributed by atoms with Crippen molar-refractivity contribution in [3.8, 4) is 0 Å². The van der Waals surface area contributed by atoms with Crippen LogP contribution in [-0.2, 0) is 11.3 Å². The van der Waals surface area contributed by atoms with Crippen molar-refractivity contribution in [2.24, 2.45) is 5.92 Å². The number of aromatic amines is 1. The molecule has 2 aromatic rings. The van der Waals surface area contributed by atoms with Gasteiger partial charge in [0.1, 0.15) is 11.7 Å². The van der Waals surface area contributed by atoms with E-state index >= 15 is 0 Å². The number of nitrogens with zero attached hydrogens (tertiary/aromatic N) is 2. The molecule has 0 fully saturated rings. The molecule has 0 saturated carbocycles. The van der Waals surface area contributed by atoms with Crippen LogP contribution in [0.5, 0.6) is 0 Å². The molecule has 6 nitrogen and oxygen atoms in total. The molecule has 2 amide bonds. The van der Waals surface area contributed by atoms with E-state index in [2.05, 4.69) is 15.5 Å². The second kappa shape index (κ2) is 6.24. The van der Waals surface area contributed by atoms with Gasteiger partial charge in [0.15, 0.2) is 0 Å². The lowest BCUT2D eigenvalue weighted by atomic mass is 9.96. The SMILES string of the molecule is CCC(C)C1C(=O)Nc2ccccc2CN1C(=O)c1ccn[nH]1. The predicted molar refractivity (Wildman–Crippen MR) is 86.8 cm³/mol. The Balaban J connectivity index is 2.03. The van der Waals surface area contributed by atoms with Crippen LogP contribution in [0.2, 0.25) is 0 Å². The summed E-state index contributed by atoms with van der Waals surface area (Å²) in [6.45, 7) is 4.41. The van der Waals surface area contributed by atoms with E-state index in [1.54, 1.807) is 11.0 Å². The Hall–Kier alpha value is -2.63. The lowest BCUT2D eigenvalue weighted by molar-refractivity contribution is -0.122. The molecule has 23 heavy (non-hydrogen) atoms. The van der Waals surface area contributed by atoms with Crippen LogP contribution in [0.25, 0.3) is 0 Å². The van der Waals surface area contributed by atoms with Crippen LogP contribution in [0.3, 0.4) is 0 Å². The van der Waals surface area contributed by atoms with Gasteiger partial charge >= 0.3 is 0 Å².